The highest BCUT2D eigenvalue weighted by atomic mass is 32.2. The summed E-state index contributed by atoms with van der Waals surface area (Å²) in [5.74, 6) is 2.29. The summed E-state index contributed by atoms with van der Waals surface area (Å²) in [5.41, 5.74) is 1.16. The van der Waals surface area contributed by atoms with Crippen molar-refractivity contribution in [2.45, 2.75) is 25.4 Å². The summed E-state index contributed by atoms with van der Waals surface area (Å²) in [6.45, 7) is 2.14. The standard InChI is InChI=1S/C12H16FNS/c1-9(14-12-6-7-15-8-12)10-2-4-11(13)5-3-10/h2-5,9,12,14H,6-8H2,1H3. The van der Waals surface area contributed by atoms with Crippen molar-refractivity contribution in [1.29, 1.82) is 0 Å². The molecule has 0 aromatic heterocycles. The van der Waals surface area contributed by atoms with Gasteiger partial charge in [0, 0.05) is 17.8 Å². The lowest BCUT2D eigenvalue weighted by Crippen LogP contribution is -2.31. The van der Waals surface area contributed by atoms with Crippen LogP contribution in [-0.2, 0) is 0 Å². The molecule has 0 amide bonds. The first-order valence-electron chi connectivity index (χ1n) is 5.35. The van der Waals surface area contributed by atoms with Gasteiger partial charge in [-0.25, -0.2) is 4.39 Å². The van der Waals surface area contributed by atoms with E-state index in [0.29, 0.717) is 12.1 Å². The number of halogens is 1. The number of thioether (sulfide) groups is 1. The molecule has 1 aliphatic rings. The molecule has 0 saturated carbocycles. The molecule has 2 rings (SSSR count). The monoisotopic (exact) mass is 225 g/mol. The van der Waals surface area contributed by atoms with E-state index in [2.05, 4.69) is 12.2 Å². The van der Waals surface area contributed by atoms with Crippen LogP contribution in [0, 0.1) is 5.82 Å². The highest BCUT2D eigenvalue weighted by molar-refractivity contribution is 7.99. The van der Waals surface area contributed by atoms with Crippen LogP contribution in [0.5, 0.6) is 0 Å². The molecule has 2 unspecified atom stereocenters. The maximum absolute atomic E-state index is 12.7. The number of hydrogen-bond acceptors (Lipinski definition) is 2. The minimum Gasteiger partial charge on any atom is -0.307 e. The second-order valence-corrected chi connectivity index (χ2v) is 5.15. The molecular weight excluding hydrogens is 209 g/mol. The minimum atomic E-state index is -0.164. The third-order valence-electron chi connectivity index (χ3n) is 2.79. The van der Waals surface area contributed by atoms with Crippen LogP contribution >= 0.6 is 11.8 Å². The van der Waals surface area contributed by atoms with Crippen LogP contribution < -0.4 is 5.32 Å². The van der Waals surface area contributed by atoms with E-state index in [9.17, 15) is 4.39 Å². The molecule has 0 spiro atoms. The summed E-state index contributed by atoms with van der Waals surface area (Å²) >= 11 is 2.00. The molecule has 0 bridgehead atoms. The summed E-state index contributed by atoms with van der Waals surface area (Å²) in [7, 11) is 0. The Kier molecular flexibility index (Phi) is 3.65. The SMILES string of the molecule is CC(NC1CCSC1)c1ccc(F)cc1. The Bertz CT molecular complexity index is 306. The average Bonchev–Trinajstić information content (AvgIpc) is 2.71. The van der Waals surface area contributed by atoms with Gasteiger partial charge in [0.15, 0.2) is 0 Å². The summed E-state index contributed by atoms with van der Waals surface area (Å²) in [6, 6.07) is 7.70. The molecule has 1 heterocycles. The van der Waals surface area contributed by atoms with Gasteiger partial charge in [-0.1, -0.05) is 12.1 Å². The van der Waals surface area contributed by atoms with Crippen LogP contribution in [0.15, 0.2) is 24.3 Å². The van der Waals surface area contributed by atoms with Crippen molar-refractivity contribution in [2.24, 2.45) is 0 Å². The Labute approximate surface area is 94.5 Å². The van der Waals surface area contributed by atoms with Crippen LogP contribution in [0.25, 0.3) is 0 Å². The molecule has 1 fully saturated rings. The van der Waals surface area contributed by atoms with Gasteiger partial charge in [-0.05, 0) is 36.8 Å². The number of hydrogen-bond donors (Lipinski definition) is 1. The molecule has 1 aliphatic heterocycles. The molecule has 82 valence electrons. The van der Waals surface area contributed by atoms with Gasteiger partial charge in [0.25, 0.3) is 0 Å². The van der Waals surface area contributed by atoms with Gasteiger partial charge >= 0.3 is 0 Å². The molecule has 0 radical (unpaired) electrons. The second-order valence-electron chi connectivity index (χ2n) is 4.00. The lowest BCUT2D eigenvalue weighted by Gasteiger charge is -2.19. The van der Waals surface area contributed by atoms with Crippen molar-refractivity contribution in [3.8, 4) is 0 Å². The first-order chi connectivity index (χ1) is 7.25. The van der Waals surface area contributed by atoms with Crippen molar-refractivity contribution < 1.29 is 4.39 Å². The molecule has 1 aromatic carbocycles. The summed E-state index contributed by atoms with van der Waals surface area (Å²) < 4.78 is 12.7. The Morgan fingerprint density at radius 2 is 2.13 bits per heavy atom. The molecule has 2 atom stereocenters. The quantitative estimate of drug-likeness (QED) is 0.848. The Morgan fingerprint density at radius 3 is 2.73 bits per heavy atom. The van der Waals surface area contributed by atoms with Crippen molar-refractivity contribution in [3.05, 3.63) is 35.6 Å². The molecule has 1 saturated heterocycles. The molecule has 1 N–H and O–H groups in total. The Hall–Kier alpha value is -0.540. The molecule has 1 nitrogen and oxygen atoms in total. The zero-order valence-electron chi connectivity index (χ0n) is 8.87. The van der Waals surface area contributed by atoms with E-state index in [0.717, 1.165) is 5.56 Å². The van der Waals surface area contributed by atoms with E-state index in [1.165, 1.54) is 30.1 Å². The molecule has 0 aliphatic carbocycles. The Balaban J connectivity index is 1.94. The highest BCUT2D eigenvalue weighted by Crippen LogP contribution is 2.21. The third-order valence-corrected chi connectivity index (χ3v) is 3.95. The van der Waals surface area contributed by atoms with E-state index >= 15 is 0 Å². The van der Waals surface area contributed by atoms with Gasteiger partial charge in [-0.2, -0.15) is 11.8 Å². The van der Waals surface area contributed by atoms with Crippen molar-refractivity contribution in [2.75, 3.05) is 11.5 Å². The largest absolute Gasteiger partial charge is 0.307 e. The second kappa shape index (κ2) is 4.99. The van der Waals surface area contributed by atoms with Crippen LogP contribution in [0.3, 0.4) is 0 Å². The van der Waals surface area contributed by atoms with Crippen LogP contribution in [-0.4, -0.2) is 17.5 Å². The normalized spacial score (nSPS) is 22.9. The fourth-order valence-electron chi connectivity index (χ4n) is 1.87. The topological polar surface area (TPSA) is 12.0 Å². The van der Waals surface area contributed by atoms with Crippen LogP contribution in [0.2, 0.25) is 0 Å². The minimum absolute atomic E-state index is 0.164. The van der Waals surface area contributed by atoms with Crippen LogP contribution in [0.4, 0.5) is 4.39 Å². The zero-order valence-corrected chi connectivity index (χ0v) is 9.69. The van der Waals surface area contributed by atoms with Gasteiger partial charge in [0.2, 0.25) is 0 Å². The first-order valence-corrected chi connectivity index (χ1v) is 6.50. The first kappa shape index (κ1) is 11.0. The lowest BCUT2D eigenvalue weighted by molar-refractivity contribution is 0.485. The van der Waals surface area contributed by atoms with E-state index in [1.54, 1.807) is 0 Å². The maximum atomic E-state index is 12.7. The lowest BCUT2D eigenvalue weighted by atomic mass is 10.1. The molecule has 3 heteroatoms. The fraction of sp³-hybridized carbons (Fsp3) is 0.500. The number of benzene rings is 1. The summed E-state index contributed by atoms with van der Waals surface area (Å²) in [4.78, 5) is 0. The van der Waals surface area contributed by atoms with Crippen molar-refractivity contribution in [1.82, 2.24) is 5.32 Å². The fourth-order valence-corrected chi connectivity index (χ4v) is 3.03. The predicted molar refractivity (Wildman–Crippen MR) is 63.7 cm³/mol. The third kappa shape index (κ3) is 2.95. The van der Waals surface area contributed by atoms with Crippen LogP contribution in [0.1, 0.15) is 24.9 Å². The van der Waals surface area contributed by atoms with Gasteiger partial charge in [0.1, 0.15) is 5.82 Å². The summed E-state index contributed by atoms with van der Waals surface area (Å²) in [6.07, 6.45) is 1.25. The number of nitrogens with one attached hydrogen (secondary N) is 1. The van der Waals surface area contributed by atoms with Crippen molar-refractivity contribution in [3.63, 3.8) is 0 Å². The van der Waals surface area contributed by atoms with E-state index in [-0.39, 0.29) is 5.82 Å². The van der Waals surface area contributed by atoms with E-state index in [4.69, 9.17) is 0 Å². The zero-order chi connectivity index (χ0) is 10.7. The Morgan fingerprint density at radius 1 is 1.40 bits per heavy atom. The van der Waals surface area contributed by atoms with Gasteiger partial charge in [-0.3, -0.25) is 0 Å². The molecule has 15 heavy (non-hydrogen) atoms. The van der Waals surface area contributed by atoms with E-state index < -0.39 is 0 Å². The van der Waals surface area contributed by atoms with Crippen molar-refractivity contribution >= 4 is 11.8 Å². The molecule has 1 aromatic rings. The highest BCUT2D eigenvalue weighted by Gasteiger charge is 2.17. The van der Waals surface area contributed by atoms with E-state index in [1.807, 2.05) is 23.9 Å². The van der Waals surface area contributed by atoms with Gasteiger partial charge in [0.05, 0.1) is 0 Å². The van der Waals surface area contributed by atoms with Gasteiger partial charge in [-0.15, -0.1) is 0 Å². The smallest absolute Gasteiger partial charge is 0.123 e. The average molecular weight is 225 g/mol. The maximum Gasteiger partial charge on any atom is 0.123 e. The number of rotatable bonds is 3. The van der Waals surface area contributed by atoms with Gasteiger partial charge < -0.3 is 5.32 Å². The summed E-state index contributed by atoms with van der Waals surface area (Å²) in [5, 5.41) is 3.57. The molecular formula is C12H16FNS. The predicted octanol–water partition coefficient (Wildman–Crippen LogP) is 2.98.